The summed E-state index contributed by atoms with van der Waals surface area (Å²) in [6, 6.07) is 0.555. The molecule has 1 heterocycles. The van der Waals surface area contributed by atoms with Crippen molar-refractivity contribution in [1.29, 1.82) is 0 Å². The Labute approximate surface area is 101 Å². The van der Waals surface area contributed by atoms with E-state index in [9.17, 15) is 0 Å². The number of likely N-dealkylation sites (tertiary alicyclic amines) is 1. The van der Waals surface area contributed by atoms with E-state index in [-0.39, 0.29) is 5.60 Å². The van der Waals surface area contributed by atoms with E-state index < -0.39 is 0 Å². The van der Waals surface area contributed by atoms with Crippen LogP contribution in [0.5, 0.6) is 0 Å². The third-order valence-corrected chi connectivity index (χ3v) is 3.80. The Balaban J connectivity index is 2.20. The monoisotopic (exact) mass is 228 g/mol. The summed E-state index contributed by atoms with van der Waals surface area (Å²) in [5.74, 6) is 0. The smallest absolute Gasteiger partial charge is 0.0772 e. The van der Waals surface area contributed by atoms with E-state index in [1.54, 1.807) is 7.11 Å². The minimum absolute atomic E-state index is 0.0146. The zero-order valence-corrected chi connectivity index (χ0v) is 11.4. The lowest BCUT2D eigenvalue weighted by Crippen LogP contribution is -2.46. The van der Waals surface area contributed by atoms with Crippen LogP contribution in [-0.2, 0) is 4.74 Å². The summed E-state index contributed by atoms with van der Waals surface area (Å²) in [4.78, 5) is 2.55. The molecule has 3 nitrogen and oxygen atoms in total. The molecule has 0 saturated carbocycles. The minimum atomic E-state index is -0.0146. The van der Waals surface area contributed by atoms with E-state index in [4.69, 9.17) is 4.74 Å². The van der Waals surface area contributed by atoms with Crippen LogP contribution in [0.25, 0.3) is 0 Å². The Kier molecular flexibility index (Phi) is 5.73. The molecule has 1 N–H and O–H groups in total. The van der Waals surface area contributed by atoms with E-state index in [1.165, 1.54) is 32.5 Å². The van der Waals surface area contributed by atoms with Crippen molar-refractivity contribution in [3.63, 3.8) is 0 Å². The molecule has 0 aromatic carbocycles. The molecule has 96 valence electrons. The highest BCUT2D eigenvalue weighted by molar-refractivity contribution is 4.79. The first-order valence-electron chi connectivity index (χ1n) is 6.60. The molecule has 1 fully saturated rings. The van der Waals surface area contributed by atoms with Crippen molar-refractivity contribution in [3.8, 4) is 0 Å². The van der Waals surface area contributed by atoms with Crippen LogP contribution in [0.1, 0.15) is 40.0 Å². The number of nitrogens with one attached hydrogen (secondary N) is 1. The summed E-state index contributed by atoms with van der Waals surface area (Å²) < 4.78 is 5.53. The maximum absolute atomic E-state index is 5.53. The van der Waals surface area contributed by atoms with E-state index in [0.717, 1.165) is 13.0 Å². The van der Waals surface area contributed by atoms with Crippen LogP contribution in [0.3, 0.4) is 0 Å². The van der Waals surface area contributed by atoms with Gasteiger partial charge in [0.1, 0.15) is 0 Å². The van der Waals surface area contributed by atoms with Crippen molar-refractivity contribution < 1.29 is 4.74 Å². The number of rotatable bonds is 7. The van der Waals surface area contributed by atoms with Gasteiger partial charge in [0, 0.05) is 26.2 Å². The summed E-state index contributed by atoms with van der Waals surface area (Å²) in [5, 5.41) is 3.59. The summed E-state index contributed by atoms with van der Waals surface area (Å²) in [6.45, 7) is 11.3. The Morgan fingerprint density at radius 2 is 2.00 bits per heavy atom. The second-order valence-corrected chi connectivity index (χ2v) is 5.30. The summed E-state index contributed by atoms with van der Waals surface area (Å²) in [7, 11) is 1.80. The van der Waals surface area contributed by atoms with Gasteiger partial charge >= 0.3 is 0 Å². The van der Waals surface area contributed by atoms with Gasteiger partial charge in [-0.15, -0.1) is 0 Å². The molecule has 2 atom stereocenters. The average molecular weight is 228 g/mol. The zero-order chi connectivity index (χ0) is 12.0. The van der Waals surface area contributed by atoms with Gasteiger partial charge in [-0.1, -0.05) is 6.92 Å². The number of hydrogen-bond donors (Lipinski definition) is 1. The van der Waals surface area contributed by atoms with Gasteiger partial charge in [0.25, 0.3) is 0 Å². The summed E-state index contributed by atoms with van der Waals surface area (Å²) in [6.07, 6.45) is 3.79. The number of nitrogens with zero attached hydrogens (tertiary/aromatic N) is 1. The van der Waals surface area contributed by atoms with Gasteiger partial charge in [0.15, 0.2) is 0 Å². The van der Waals surface area contributed by atoms with Gasteiger partial charge in [-0.25, -0.2) is 0 Å². The van der Waals surface area contributed by atoms with Crippen molar-refractivity contribution in [1.82, 2.24) is 10.2 Å². The number of methoxy groups -OCH3 is 1. The highest BCUT2D eigenvalue weighted by atomic mass is 16.5. The highest BCUT2D eigenvalue weighted by Crippen LogP contribution is 2.13. The first kappa shape index (κ1) is 13.9. The molecule has 2 unspecified atom stereocenters. The first-order valence-corrected chi connectivity index (χ1v) is 6.60. The predicted octanol–water partition coefficient (Wildman–Crippen LogP) is 1.88. The Morgan fingerprint density at radius 1 is 1.38 bits per heavy atom. The lowest BCUT2D eigenvalue weighted by atomic mass is 10.0. The van der Waals surface area contributed by atoms with Gasteiger partial charge < -0.3 is 15.0 Å². The fraction of sp³-hybridized carbons (Fsp3) is 1.00. The summed E-state index contributed by atoms with van der Waals surface area (Å²) >= 11 is 0. The Hall–Kier alpha value is -0.120. The van der Waals surface area contributed by atoms with Crippen LogP contribution in [0.15, 0.2) is 0 Å². The fourth-order valence-corrected chi connectivity index (χ4v) is 2.15. The normalized spacial score (nSPS) is 23.2. The van der Waals surface area contributed by atoms with Crippen LogP contribution in [-0.4, -0.2) is 49.8 Å². The van der Waals surface area contributed by atoms with Crippen molar-refractivity contribution >= 4 is 0 Å². The highest BCUT2D eigenvalue weighted by Gasteiger charge is 2.22. The molecule has 0 bridgehead atoms. The fourth-order valence-electron chi connectivity index (χ4n) is 2.15. The molecule has 3 heteroatoms. The quantitative estimate of drug-likeness (QED) is 0.720. The standard InChI is InChI=1S/C13H28N2O/c1-5-13(3,16-4)11-14-12(2)10-15-8-6-7-9-15/h12,14H,5-11H2,1-4H3. The first-order chi connectivity index (χ1) is 7.59. The van der Waals surface area contributed by atoms with Gasteiger partial charge in [0.05, 0.1) is 5.60 Å². The maximum Gasteiger partial charge on any atom is 0.0772 e. The van der Waals surface area contributed by atoms with Gasteiger partial charge in [-0.2, -0.15) is 0 Å². The molecule has 16 heavy (non-hydrogen) atoms. The molecule has 1 rings (SSSR count). The third-order valence-electron chi connectivity index (χ3n) is 3.80. The molecule has 1 aliphatic heterocycles. The second-order valence-electron chi connectivity index (χ2n) is 5.30. The molecule has 0 aromatic heterocycles. The molecule has 0 radical (unpaired) electrons. The Morgan fingerprint density at radius 3 is 2.50 bits per heavy atom. The van der Waals surface area contributed by atoms with Crippen molar-refractivity contribution in [2.24, 2.45) is 0 Å². The van der Waals surface area contributed by atoms with E-state index in [1.807, 2.05) is 0 Å². The molecule has 0 aromatic rings. The second kappa shape index (κ2) is 6.58. The predicted molar refractivity (Wildman–Crippen MR) is 68.8 cm³/mol. The lowest BCUT2D eigenvalue weighted by Gasteiger charge is -2.30. The minimum Gasteiger partial charge on any atom is -0.377 e. The molecule has 1 aliphatic rings. The topological polar surface area (TPSA) is 24.5 Å². The van der Waals surface area contributed by atoms with Crippen LogP contribution in [0, 0.1) is 0 Å². The molecule has 0 spiro atoms. The van der Waals surface area contributed by atoms with Crippen molar-refractivity contribution in [3.05, 3.63) is 0 Å². The summed E-state index contributed by atoms with van der Waals surface area (Å²) in [5.41, 5.74) is -0.0146. The largest absolute Gasteiger partial charge is 0.377 e. The SMILES string of the molecule is CCC(C)(CNC(C)CN1CCCC1)OC. The van der Waals surface area contributed by atoms with E-state index in [0.29, 0.717) is 6.04 Å². The number of ether oxygens (including phenoxy) is 1. The van der Waals surface area contributed by atoms with Crippen LogP contribution in [0.4, 0.5) is 0 Å². The van der Waals surface area contributed by atoms with Gasteiger partial charge in [0.2, 0.25) is 0 Å². The van der Waals surface area contributed by atoms with Crippen LogP contribution >= 0.6 is 0 Å². The van der Waals surface area contributed by atoms with Gasteiger partial charge in [-0.3, -0.25) is 0 Å². The molecular weight excluding hydrogens is 200 g/mol. The molecule has 0 amide bonds. The van der Waals surface area contributed by atoms with Crippen molar-refractivity contribution in [2.75, 3.05) is 33.3 Å². The lowest BCUT2D eigenvalue weighted by molar-refractivity contribution is 0.00139. The van der Waals surface area contributed by atoms with Crippen LogP contribution in [0.2, 0.25) is 0 Å². The molecular formula is C13H28N2O. The zero-order valence-electron chi connectivity index (χ0n) is 11.4. The van der Waals surface area contributed by atoms with E-state index >= 15 is 0 Å². The molecule has 0 aliphatic carbocycles. The third kappa shape index (κ3) is 4.40. The number of hydrogen-bond acceptors (Lipinski definition) is 3. The molecule has 1 saturated heterocycles. The van der Waals surface area contributed by atoms with Crippen LogP contribution < -0.4 is 5.32 Å². The van der Waals surface area contributed by atoms with Gasteiger partial charge in [-0.05, 0) is 46.2 Å². The maximum atomic E-state index is 5.53. The van der Waals surface area contributed by atoms with Crippen molar-refractivity contribution in [2.45, 2.75) is 51.7 Å². The average Bonchev–Trinajstić information content (AvgIpc) is 2.79. The van der Waals surface area contributed by atoms with E-state index in [2.05, 4.69) is 31.0 Å². The Bertz CT molecular complexity index is 186.